The summed E-state index contributed by atoms with van der Waals surface area (Å²) in [4.78, 5) is 32.4. The number of nitrogens with one attached hydrogen (secondary N) is 1. The second-order valence-electron chi connectivity index (χ2n) is 7.75. The fourth-order valence-electron chi connectivity index (χ4n) is 4.34. The number of nitrogens with zero attached hydrogens (tertiary/aromatic N) is 2. The molecule has 1 aromatic heterocycles. The number of hydrogen-bond donors (Lipinski definition) is 1. The summed E-state index contributed by atoms with van der Waals surface area (Å²) in [7, 11) is 0. The molecule has 1 aromatic carbocycles. The summed E-state index contributed by atoms with van der Waals surface area (Å²) in [6, 6.07) is 8.09. The van der Waals surface area contributed by atoms with Gasteiger partial charge in [0.05, 0.1) is 5.52 Å². The normalized spacial score (nSPS) is 19.3. The molecule has 1 amide bonds. The molecule has 0 spiro atoms. The number of pyridine rings is 1. The van der Waals surface area contributed by atoms with Gasteiger partial charge in [0.25, 0.3) is 5.56 Å². The fourth-order valence-corrected chi connectivity index (χ4v) is 4.34. The van der Waals surface area contributed by atoms with Gasteiger partial charge in [0.2, 0.25) is 5.91 Å². The first kappa shape index (κ1) is 17.3. The highest BCUT2D eigenvalue weighted by molar-refractivity contribution is 5.82. The van der Waals surface area contributed by atoms with Crippen LogP contribution in [0.25, 0.3) is 10.9 Å². The van der Waals surface area contributed by atoms with Gasteiger partial charge in [-0.3, -0.25) is 14.5 Å². The van der Waals surface area contributed by atoms with Crippen molar-refractivity contribution in [3.05, 3.63) is 45.7 Å². The molecule has 1 N–H and O–H groups in total. The van der Waals surface area contributed by atoms with Crippen LogP contribution in [0.3, 0.4) is 0 Å². The molecule has 0 bridgehead atoms. The summed E-state index contributed by atoms with van der Waals surface area (Å²) in [6.45, 7) is 5.89. The first-order valence-corrected chi connectivity index (χ1v) is 9.74. The van der Waals surface area contributed by atoms with E-state index in [-0.39, 0.29) is 11.5 Å². The first-order valence-electron chi connectivity index (χ1n) is 9.74. The lowest BCUT2D eigenvalue weighted by molar-refractivity contribution is -0.137. The van der Waals surface area contributed by atoms with Crippen LogP contribution in [0.1, 0.15) is 36.8 Å². The zero-order valence-electron chi connectivity index (χ0n) is 15.5. The average Bonchev–Trinajstić information content (AvgIpc) is 3.18. The van der Waals surface area contributed by atoms with Gasteiger partial charge in [0.1, 0.15) is 0 Å². The smallest absolute Gasteiger partial charge is 0.252 e. The summed E-state index contributed by atoms with van der Waals surface area (Å²) in [6.07, 6.45) is 4.51. The maximum Gasteiger partial charge on any atom is 0.252 e. The number of para-hydroxylation sites is 1. The molecule has 26 heavy (non-hydrogen) atoms. The topological polar surface area (TPSA) is 56.4 Å². The number of aromatic amines is 1. The van der Waals surface area contributed by atoms with Gasteiger partial charge in [0, 0.05) is 44.2 Å². The number of carbonyl (C=O) groups is 1. The molecule has 138 valence electrons. The van der Waals surface area contributed by atoms with Crippen molar-refractivity contribution in [2.45, 2.75) is 39.2 Å². The molecule has 1 saturated heterocycles. The predicted molar refractivity (Wildman–Crippen MR) is 103 cm³/mol. The van der Waals surface area contributed by atoms with E-state index in [1.807, 2.05) is 36.1 Å². The van der Waals surface area contributed by atoms with Gasteiger partial charge in [-0.1, -0.05) is 31.0 Å². The van der Waals surface area contributed by atoms with Crippen LogP contribution in [-0.2, 0) is 11.3 Å². The number of benzene rings is 1. The second-order valence-corrected chi connectivity index (χ2v) is 7.75. The Balaban J connectivity index is 1.41. The maximum absolute atomic E-state index is 12.6. The monoisotopic (exact) mass is 353 g/mol. The number of H-pyrrole nitrogens is 1. The zero-order chi connectivity index (χ0) is 18.1. The zero-order valence-corrected chi connectivity index (χ0v) is 15.5. The Bertz CT molecular complexity index is 859. The third kappa shape index (κ3) is 3.40. The van der Waals surface area contributed by atoms with Gasteiger partial charge in [-0.15, -0.1) is 0 Å². The number of aromatic nitrogens is 1. The Hall–Kier alpha value is -2.14. The summed E-state index contributed by atoms with van der Waals surface area (Å²) in [5.74, 6) is 0.606. The van der Waals surface area contributed by atoms with Crippen molar-refractivity contribution >= 4 is 16.8 Å². The molecule has 1 saturated carbocycles. The van der Waals surface area contributed by atoms with Crippen LogP contribution in [0, 0.1) is 12.8 Å². The number of carbonyl (C=O) groups excluding carboxylic acids is 1. The molecule has 4 rings (SSSR count). The Morgan fingerprint density at radius 1 is 1.15 bits per heavy atom. The number of fused-ring (bicyclic) bond motifs is 1. The highest BCUT2D eigenvalue weighted by Gasteiger charge is 2.29. The van der Waals surface area contributed by atoms with Crippen molar-refractivity contribution in [3.63, 3.8) is 0 Å². The number of hydrogen-bond acceptors (Lipinski definition) is 3. The van der Waals surface area contributed by atoms with E-state index in [1.54, 1.807) is 0 Å². The van der Waals surface area contributed by atoms with Crippen LogP contribution in [0.15, 0.2) is 29.1 Å². The van der Waals surface area contributed by atoms with E-state index in [4.69, 9.17) is 0 Å². The van der Waals surface area contributed by atoms with Crippen molar-refractivity contribution < 1.29 is 4.79 Å². The first-order chi connectivity index (χ1) is 12.6. The van der Waals surface area contributed by atoms with Crippen molar-refractivity contribution in [1.82, 2.24) is 14.8 Å². The minimum Gasteiger partial charge on any atom is -0.340 e. The van der Waals surface area contributed by atoms with Gasteiger partial charge < -0.3 is 9.88 Å². The van der Waals surface area contributed by atoms with E-state index in [0.29, 0.717) is 12.5 Å². The number of amides is 1. The Labute approximate surface area is 154 Å². The third-order valence-electron chi connectivity index (χ3n) is 5.95. The van der Waals surface area contributed by atoms with E-state index in [2.05, 4.69) is 9.88 Å². The van der Waals surface area contributed by atoms with E-state index in [9.17, 15) is 9.59 Å². The van der Waals surface area contributed by atoms with E-state index in [1.165, 1.54) is 12.8 Å². The van der Waals surface area contributed by atoms with Gasteiger partial charge in [-0.05, 0) is 36.8 Å². The van der Waals surface area contributed by atoms with Crippen molar-refractivity contribution in [2.75, 3.05) is 26.2 Å². The van der Waals surface area contributed by atoms with Crippen molar-refractivity contribution in [3.8, 4) is 0 Å². The van der Waals surface area contributed by atoms with E-state index in [0.717, 1.165) is 61.1 Å². The average molecular weight is 353 g/mol. The van der Waals surface area contributed by atoms with Crippen LogP contribution in [0.4, 0.5) is 0 Å². The molecule has 1 aliphatic heterocycles. The second kappa shape index (κ2) is 7.23. The highest BCUT2D eigenvalue weighted by Crippen LogP contribution is 2.27. The number of rotatable bonds is 3. The molecule has 2 fully saturated rings. The lowest BCUT2D eigenvalue weighted by atomic mass is 10.1. The molecule has 2 aliphatic rings. The molecule has 5 heteroatoms. The number of aryl methyl sites for hydroxylation is 1. The third-order valence-corrected chi connectivity index (χ3v) is 5.95. The largest absolute Gasteiger partial charge is 0.340 e. The summed E-state index contributed by atoms with van der Waals surface area (Å²) in [5, 5.41) is 1.08. The SMILES string of the molecule is Cc1cccc2cc(CN3CCN(C(=O)C4CCCC4)CC3)c(=O)[nH]c12. The molecule has 0 atom stereocenters. The van der Waals surface area contributed by atoms with Crippen LogP contribution >= 0.6 is 0 Å². The van der Waals surface area contributed by atoms with Gasteiger partial charge in [-0.25, -0.2) is 0 Å². The molecule has 0 unspecified atom stereocenters. The molecule has 2 aromatic rings. The van der Waals surface area contributed by atoms with Crippen LogP contribution in [-0.4, -0.2) is 46.9 Å². The Morgan fingerprint density at radius 3 is 2.62 bits per heavy atom. The summed E-state index contributed by atoms with van der Waals surface area (Å²) in [5.41, 5.74) is 2.81. The maximum atomic E-state index is 12.6. The molecular formula is C21H27N3O2. The van der Waals surface area contributed by atoms with Crippen LogP contribution < -0.4 is 5.56 Å². The highest BCUT2D eigenvalue weighted by atomic mass is 16.2. The molecule has 2 heterocycles. The van der Waals surface area contributed by atoms with Crippen molar-refractivity contribution in [1.29, 1.82) is 0 Å². The summed E-state index contributed by atoms with van der Waals surface area (Å²) < 4.78 is 0. The van der Waals surface area contributed by atoms with Crippen LogP contribution in [0.2, 0.25) is 0 Å². The predicted octanol–water partition coefficient (Wildman–Crippen LogP) is 2.67. The van der Waals surface area contributed by atoms with E-state index < -0.39 is 0 Å². The fraction of sp³-hybridized carbons (Fsp3) is 0.524. The Morgan fingerprint density at radius 2 is 1.88 bits per heavy atom. The minimum atomic E-state index is -0.00346. The lowest BCUT2D eigenvalue weighted by Gasteiger charge is -2.35. The van der Waals surface area contributed by atoms with Gasteiger partial charge in [-0.2, -0.15) is 0 Å². The molecule has 5 nitrogen and oxygen atoms in total. The van der Waals surface area contributed by atoms with Gasteiger partial charge in [0.15, 0.2) is 0 Å². The standard InChI is InChI=1S/C21H27N3O2/c1-15-5-4-8-17-13-18(20(25)22-19(15)17)14-23-9-11-24(12-10-23)21(26)16-6-2-3-7-16/h4-5,8,13,16H,2-3,6-7,9-12,14H2,1H3,(H,22,25). The lowest BCUT2D eigenvalue weighted by Crippen LogP contribution is -2.50. The van der Waals surface area contributed by atoms with Crippen LogP contribution in [0.5, 0.6) is 0 Å². The summed E-state index contributed by atoms with van der Waals surface area (Å²) >= 11 is 0. The van der Waals surface area contributed by atoms with Crippen molar-refractivity contribution in [2.24, 2.45) is 5.92 Å². The van der Waals surface area contributed by atoms with Gasteiger partial charge >= 0.3 is 0 Å². The van der Waals surface area contributed by atoms with E-state index >= 15 is 0 Å². The molecule has 1 aliphatic carbocycles. The Kier molecular flexibility index (Phi) is 4.81. The minimum absolute atomic E-state index is 0.00346. The quantitative estimate of drug-likeness (QED) is 0.923. The molecule has 0 radical (unpaired) electrons. The number of piperazine rings is 1. The molecular weight excluding hydrogens is 326 g/mol.